The molecule has 0 fully saturated rings. The van der Waals surface area contributed by atoms with Crippen molar-refractivity contribution in [2.45, 2.75) is 13.5 Å². The zero-order chi connectivity index (χ0) is 17.8. The van der Waals surface area contributed by atoms with Crippen molar-refractivity contribution in [3.63, 3.8) is 0 Å². The summed E-state index contributed by atoms with van der Waals surface area (Å²) in [5.74, 6) is 0. The van der Waals surface area contributed by atoms with Gasteiger partial charge in [-0.3, -0.25) is 0 Å². The summed E-state index contributed by atoms with van der Waals surface area (Å²) in [4.78, 5) is 6.68. The molecule has 0 aliphatic heterocycles. The van der Waals surface area contributed by atoms with Crippen molar-refractivity contribution in [2.24, 2.45) is 0 Å². The first-order valence-corrected chi connectivity index (χ1v) is 8.92. The maximum Gasteiger partial charge on any atom is 0.192 e. The third kappa shape index (κ3) is 3.90. The molecule has 0 bridgehead atoms. The van der Waals surface area contributed by atoms with Gasteiger partial charge in [-0.2, -0.15) is 5.26 Å². The van der Waals surface area contributed by atoms with E-state index in [0.29, 0.717) is 22.1 Å². The summed E-state index contributed by atoms with van der Waals surface area (Å²) < 4.78 is 0.618. The van der Waals surface area contributed by atoms with Crippen LogP contribution in [0.25, 0.3) is 6.08 Å². The molecule has 0 aliphatic rings. The number of nitriles is 1. The van der Waals surface area contributed by atoms with Crippen LogP contribution in [0.2, 0.25) is 4.34 Å². The quantitative estimate of drug-likeness (QED) is 0.560. The predicted molar refractivity (Wildman–Crippen MR) is 105 cm³/mol. The zero-order valence-electron chi connectivity index (χ0n) is 13.7. The van der Waals surface area contributed by atoms with Gasteiger partial charge in [-0.15, -0.1) is 0 Å². The fourth-order valence-electron chi connectivity index (χ4n) is 2.40. The third-order valence-corrected chi connectivity index (χ3v) is 5.10. The average Bonchev–Trinajstić information content (AvgIpc) is 3.02. The fourth-order valence-corrected chi connectivity index (χ4v) is 3.55. The Balaban J connectivity index is 2.01. The molecule has 3 aromatic rings. The summed E-state index contributed by atoms with van der Waals surface area (Å²) in [6.07, 6.45) is 1.66. The van der Waals surface area contributed by atoms with Crippen molar-refractivity contribution in [1.29, 1.82) is 5.26 Å². The number of benzene rings is 2. The van der Waals surface area contributed by atoms with E-state index in [0.717, 1.165) is 10.8 Å². The number of nitrogens with zero attached hydrogens (tertiary/aromatic N) is 3. The molecule has 3 rings (SSSR count). The highest BCUT2D eigenvalue weighted by Gasteiger charge is 2.16. The molecule has 0 amide bonds. The Labute approximate surface area is 156 Å². The standard InChI is InChI=1S/C20H16ClN3S/c1-3-18-19(21)25-20(23-18)24(13-16-6-4-14(2)5-7-16)17-10-8-15(12-22)9-11-17/h3-11H,1,13H2,2H3. The molecule has 124 valence electrons. The second-order valence-corrected chi connectivity index (χ2v) is 7.17. The lowest BCUT2D eigenvalue weighted by Gasteiger charge is -2.22. The van der Waals surface area contributed by atoms with Crippen LogP contribution in [-0.4, -0.2) is 4.98 Å². The molecule has 0 aliphatic carbocycles. The lowest BCUT2D eigenvalue weighted by Crippen LogP contribution is -2.16. The lowest BCUT2D eigenvalue weighted by atomic mass is 10.1. The topological polar surface area (TPSA) is 39.9 Å². The second-order valence-electron chi connectivity index (χ2n) is 5.59. The molecule has 0 spiro atoms. The van der Waals surface area contributed by atoms with Crippen LogP contribution in [0.3, 0.4) is 0 Å². The van der Waals surface area contributed by atoms with Crippen LogP contribution >= 0.6 is 22.9 Å². The Morgan fingerprint density at radius 1 is 1.20 bits per heavy atom. The van der Waals surface area contributed by atoms with E-state index in [2.05, 4.69) is 53.7 Å². The Morgan fingerprint density at radius 3 is 2.44 bits per heavy atom. The number of rotatable bonds is 5. The molecule has 0 radical (unpaired) electrons. The number of anilines is 2. The summed E-state index contributed by atoms with van der Waals surface area (Å²) in [6.45, 7) is 6.49. The maximum atomic E-state index is 9.01. The molecule has 1 heterocycles. The van der Waals surface area contributed by atoms with Crippen LogP contribution in [0.4, 0.5) is 10.8 Å². The van der Waals surface area contributed by atoms with Gasteiger partial charge in [0.2, 0.25) is 0 Å². The maximum absolute atomic E-state index is 9.01. The van der Waals surface area contributed by atoms with Gasteiger partial charge in [-0.05, 0) is 42.8 Å². The van der Waals surface area contributed by atoms with Crippen LogP contribution in [0.15, 0.2) is 55.1 Å². The number of thiazole rings is 1. The number of hydrogen-bond donors (Lipinski definition) is 0. The van der Waals surface area contributed by atoms with Gasteiger partial charge in [-0.1, -0.05) is 59.3 Å². The minimum Gasteiger partial charge on any atom is -0.313 e. The van der Waals surface area contributed by atoms with Gasteiger partial charge in [0.05, 0.1) is 23.9 Å². The van der Waals surface area contributed by atoms with Crippen molar-refractivity contribution in [2.75, 3.05) is 4.90 Å². The second kappa shape index (κ2) is 7.52. The molecule has 0 N–H and O–H groups in total. The number of hydrogen-bond acceptors (Lipinski definition) is 4. The minimum absolute atomic E-state index is 0.618. The van der Waals surface area contributed by atoms with E-state index in [1.807, 2.05) is 12.1 Å². The van der Waals surface area contributed by atoms with Crippen LogP contribution in [-0.2, 0) is 6.54 Å². The Hall–Kier alpha value is -2.61. The summed E-state index contributed by atoms with van der Waals surface area (Å²) in [5.41, 5.74) is 4.66. The van der Waals surface area contributed by atoms with E-state index in [-0.39, 0.29) is 0 Å². The van der Waals surface area contributed by atoms with Gasteiger partial charge in [-0.25, -0.2) is 4.98 Å². The van der Waals surface area contributed by atoms with E-state index in [9.17, 15) is 0 Å². The third-order valence-electron chi connectivity index (χ3n) is 3.79. The molecule has 0 saturated heterocycles. The number of halogens is 1. The van der Waals surface area contributed by atoms with Crippen molar-refractivity contribution in [1.82, 2.24) is 4.98 Å². The summed E-state index contributed by atoms with van der Waals surface area (Å²) in [7, 11) is 0. The largest absolute Gasteiger partial charge is 0.313 e. The Kier molecular flexibility index (Phi) is 5.18. The summed E-state index contributed by atoms with van der Waals surface area (Å²) >= 11 is 7.68. The Bertz CT molecular complexity index is 921. The van der Waals surface area contributed by atoms with Gasteiger partial charge < -0.3 is 4.90 Å². The van der Waals surface area contributed by atoms with E-state index in [1.165, 1.54) is 22.5 Å². The van der Waals surface area contributed by atoms with Crippen LogP contribution in [0.1, 0.15) is 22.4 Å². The molecule has 3 nitrogen and oxygen atoms in total. The van der Waals surface area contributed by atoms with Gasteiger partial charge in [0.25, 0.3) is 0 Å². The highest BCUT2D eigenvalue weighted by atomic mass is 35.5. The SMILES string of the molecule is C=Cc1nc(N(Cc2ccc(C)cc2)c2ccc(C#N)cc2)sc1Cl. The van der Waals surface area contributed by atoms with Gasteiger partial charge in [0.15, 0.2) is 5.13 Å². The molecule has 0 saturated carbocycles. The van der Waals surface area contributed by atoms with Gasteiger partial charge in [0.1, 0.15) is 4.34 Å². The van der Waals surface area contributed by atoms with E-state index < -0.39 is 0 Å². The average molecular weight is 366 g/mol. The molecule has 25 heavy (non-hydrogen) atoms. The minimum atomic E-state index is 0.618. The lowest BCUT2D eigenvalue weighted by molar-refractivity contribution is 0.963. The predicted octanol–water partition coefficient (Wildman–Crippen LogP) is 5.96. The highest BCUT2D eigenvalue weighted by Crippen LogP contribution is 2.36. The molecule has 0 unspecified atom stereocenters. The first kappa shape index (κ1) is 17.2. The first-order valence-electron chi connectivity index (χ1n) is 7.72. The molecule has 2 aromatic carbocycles. The monoisotopic (exact) mass is 365 g/mol. The summed E-state index contributed by atoms with van der Waals surface area (Å²) in [6, 6.07) is 18.0. The van der Waals surface area contributed by atoms with Crippen molar-refractivity contribution in [3.8, 4) is 6.07 Å². The van der Waals surface area contributed by atoms with Crippen molar-refractivity contribution in [3.05, 3.63) is 81.8 Å². The molecule has 0 atom stereocenters. The normalized spacial score (nSPS) is 10.3. The van der Waals surface area contributed by atoms with Gasteiger partial charge in [0, 0.05) is 5.69 Å². The number of aryl methyl sites for hydroxylation is 1. The first-order chi connectivity index (χ1) is 12.1. The van der Waals surface area contributed by atoms with Crippen molar-refractivity contribution >= 4 is 39.8 Å². The molecule has 5 heteroatoms. The summed E-state index contributed by atoms with van der Waals surface area (Å²) in [5, 5.41) is 9.81. The van der Waals surface area contributed by atoms with Gasteiger partial charge >= 0.3 is 0 Å². The van der Waals surface area contributed by atoms with Crippen molar-refractivity contribution < 1.29 is 0 Å². The fraction of sp³-hybridized carbons (Fsp3) is 0.100. The zero-order valence-corrected chi connectivity index (χ0v) is 15.3. The molecular weight excluding hydrogens is 350 g/mol. The van der Waals surface area contributed by atoms with E-state index in [4.69, 9.17) is 16.9 Å². The number of aromatic nitrogens is 1. The van der Waals surface area contributed by atoms with Crippen LogP contribution in [0.5, 0.6) is 0 Å². The Morgan fingerprint density at radius 2 is 1.88 bits per heavy atom. The molecular formula is C20H16ClN3S. The smallest absolute Gasteiger partial charge is 0.192 e. The van der Waals surface area contributed by atoms with Crippen LogP contribution < -0.4 is 4.90 Å². The highest BCUT2D eigenvalue weighted by molar-refractivity contribution is 7.19. The molecule has 1 aromatic heterocycles. The van der Waals surface area contributed by atoms with E-state index in [1.54, 1.807) is 18.2 Å². The van der Waals surface area contributed by atoms with E-state index >= 15 is 0 Å². The van der Waals surface area contributed by atoms with Crippen LogP contribution in [0, 0.1) is 18.3 Å².